The molecule has 3 rings (SSSR count). The van der Waals surface area contributed by atoms with Crippen molar-refractivity contribution in [2.24, 2.45) is 0 Å². The van der Waals surface area contributed by atoms with Crippen molar-refractivity contribution in [1.29, 1.82) is 0 Å². The number of anilines is 3. The van der Waals surface area contributed by atoms with E-state index in [0.717, 1.165) is 23.4 Å². The minimum atomic E-state index is 0.439. The van der Waals surface area contributed by atoms with Gasteiger partial charge in [-0.2, -0.15) is 10.1 Å². The first kappa shape index (κ1) is 18.2. The number of nitrogens with zero attached hydrogens (tertiary/aromatic N) is 3. The number of halogens is 2. The molecular weight excluding hydrogens is 373 g/mol. The predicted molar refractivity (Wildman–Crippen MR) is 105 cm³/mol. The number of hydrogen-bond donors (Lipinski definition) is 2. The maximum atomic E-state index is 6.17. The molecule has 6 nitrogen and oxygen atoms in total. The van der Waals surface area contributed by atoms with Gasteiger partial charge in [0.15, 0.2) is 5.82 Å². The van der Waals surface area contributed by atoms with Crippen LogP contribution in [-0.4, -0.2) is 28.8 Å². The molecule has 0 spiro atoms. The molecule has 0 atom stereocenters. The van der Waals surface area contributed by atoms with Gasteiger partial charge in [-0.15, -0.1) is 5.10 Å². The third kappa shape index (κ3) is 4.97. The van der Waals surface area contributed by atoms with Crippen LogP contribution < -0.4 is 15.4 Å². The number of nitrogens with one attached hydrogen (secondary N) is 2. The van der Waals surface area contributed by atoms with Crippen LogP contribution in [0, 0.1) is 0 Å². The van der Waals surface area contributed by atoms with Crippen molar-refractivity contribution < 1.29 is 4.74 Å². The van der Waals surface area contributed by atoms with Gasteiger partial charge >= 0.3 is 0 Å². The van der Waals surface area contributed by atoms with Crippen LogP contribution in [0.1, 0.15) is 5.56 Å². The highest BCUT2D eigenvalue weighted by atomic mass is 35.5. The fourth-order valence-corrected chi connectivity index (χ4v) is 2.80. The molecule has 0 saturated carbocycles. The highest BCUT2D eigenvalue weighted by molar-refractivity contribution is 6.35. The van der Waals surface area contributed by atoms with E-state index < -0.39 is 0 Å². The number of hydrogen-bond acceptors (Lipinski definition) is 6. The molecule has 26 heavy (non-hydrogen) atoms. The molecule has 134 valence electrons. The first-order chi connectivity index (χ1) is 12.6. The number of ether oxygens (including phenoxy) is 1. The molecule has 0 saturated heterocycles. The van der Waals surface area contributed by atoms with Gasteiger partial charge in [0, 0.05) is 22.3 Å². The standard InChI is InChI=1S/C18H17Cl2N5O/c1-26-15-6-4-14(5-7-15)23-17-11-22-25-18(24-17)21-9-8-12-2-3-13(19)10-16(12)20/h2-7,10-11H,8-9H2,1H3,(H2,21,23,24,25). The minimum absolute atomic E-state index is 0.439. The number of rotatable bonds is 7. The summed E-state index contributed by atoms with van der Waals surface area (Å²) in [6, 6.07) is 13.0. The van der Waals surface area contributed by atoms with Crippen LogP contribution in [0.3, 0.4) is 0 Å². The van der Waals surface area contributed by atoms with Gasteiger partial charge in [-0.25, -0.2) is 0 Å². The third-order valence-corrected chi connectivity index (χ3v) is 4.20. The molecule has 0 bridgehead atoms. The molecule has 0 aliphatic rings. The van der Waals surface area contributed by atoms with Crippen LogP contribution in [0.2, 0.25) is 10.0 Å². The summed E-state index contributed by atoms with van der Waals surface area (Å²) in [7, 11) is 1.63. The van der Waals surface area contributed by atoms with Gasteiger partial charge in [-0.1, -0.05) is 29.3 Å². The van der Waals surface area contributed by atoms with E-state index in [0.29, 0.717) is 28.4 Å². The average molecular weight is 390 g/mol. The van der Waals surface area contributed by atoms with Crippen molar-refractivity contribution in [2.75, 3.05) is 24.3 Å². The van der Waals surface area contributed by atoms with Gasteiger partial charge in [0.25, 0.3) is 0 Å². The largest absolute Gasteiger partial charge is 0.497 e. The van der Waals surface area contributed by atoms with E-state index in [4.69, 9.17) is 27.9 Å². The Morgan fingerprint density at radius 2 is 1.88 bits per heavy atom. The zero-order valence-electron chi connectivity index (χ0n) is 14.0. The van der Waals surface area contributed by atoms with Crippen molar-refractivity contribution in [3.63, 3.8) is 0 Å². The Balaban J connectivity index is 1.58. The van der Waals surface area contributed by atoms with E-state index in [2.05, 4.69) is 25.8 Å². The molecule has 0 amide bonds. The molecule has 8 heteroatoms. The van der Waals surface area contributed by atoms with E-state index in [1.165, 1.54) is 0 Å². The summed E-state index contributed by atoms with van der Waals surface area (Å²) >= 11 is 12.1. The zero-order chi connectivity index (χ0) is 18.4. The van der Waals surface area contributed by atoms with E-state index in [1.807, 2.05) is 36.4 Å². The van der Waals surface area contributed by atoms with Gasteiger partial charge < -0.3 is 15.4 Å². The van der Waals surface area contributed by atoms with E-state index in [1.54, 1.807) is 19.4 Å². The van der Waals surface area contributed by atoms with Crippen molar-refractivity contribution in [3.05, 3.63) is 64.3 Å². The average Bonchev–Trinajstić information content (AvgIpc) is 2.64. The summed E-state index contributed by atoms with van der Waals surface area (Å²) in [5.41, 5.74) is 1.88. The third-order valence-electron chi connectivity index (χ3n) is 3.61. The Bertz CT molecular complexity index is 874. The summed E-state index contributed by atoms with van der Waals surface area (Å²) in [6.07, 6.45) is 2.28. The molecule has 0 fully saturated rings. The SMILES string of the molecule is COc1ccc(Nc2cnnc(NCCc3ccc(Cl)cc3Cl)n2)cc1. The molecule has 1 heterocycles. The van der Waals surface area contributed by atoms with Crippen LogP contribution >= 0.6 is 23.2 Å². The smallest absolute Gasteiger partial charge is 0.244 e. The maximum absolute atomic E-state index is 6.17. The zero-order valence-corrected chi connectivity index (χ0v) is 15.6. The second-order valence-corrected chi connectivity index (χ2v) is 6.27. The normalized spacial score (nSPS) is 10.4. The highest BCUT2D eigenvalue weighted by Crippen LogP contribution is 2.21. The highest BCUT2D eigenvalue weighted by Gasteiger charge is 2.04. The van der Waals surface area contributed by atoms with E-state index in [-0.39, 0.29) is 0 Å². The maximum Gasteiger partial charge on any atom is 0.244 e. The Labute approximate surface area is 161 Å². The van der Waals surface area contributed by atoms with Gasteiger partial charge in [-0.3, -0.25) is 0 Å². The first-order valence-electron chi connectivity index (χ1n) is 7.92. The Hall–Kier alpha value is -2.57. The second kappa shape index (κ2) is 8.69. The number of aromatic nitrogens is 3. The summed E-state index contributed by atoms with van der Waals surface area (Å²) in [4.78, 5) is 4.40. The van der Waals surface area contributed by atoms with Gasteiger partial charge in [0.2, 0.25) is 5.95 Å². The summed E-state index contributed by atoms with van der Waals surface area (Å²) < 4.78 is 5.14. The monoisotopic (exact) mass is 389 g/mol. The van der Waals surface area contributed by atoms with Gasteiger partial charge in [0.1, 0.15) is 5.75 Å². The van der Waals surface area contributed by atoms with Crippen LogP contribution in [0.25, 0.3) is 0 Å². The van der Waals surface area contributed by atoms with Crippen LogP contribution in [-0.2, 0) is 6.42 Å². The van der Waals surface area contributed by atoms with Crippen LogP contribution in [0.15, 0.2) is 48.7 Å². The van der Waals surface area contributed by atoms with E-state index >= 15 is 0 Å². The Morgan fingerprint density at radius 1 is 1.08 bits per heavy atom. The van der Waals surface area contributed by atoms with Crippen molar-refractivity contribution >= 4 is 40.7 Å². The molecule has 2 aromatic carbocycles. The summed E-state index contributed by atoms with van der Waals surface area (Å²) in [5, 5.41) is 15.5. The number of methoxy groups -OCH3 is 1. The fourth-order valence-electron chi connectivity index (χ4n) is 2.29. The Morgan fingerprint density at radius 3 is 2.62 bits per heavy atom. The lowest BCUT2D eigenvalue weighted by molar-refractivity contribution is 0.415. The lowest BCUT2D eigenvalue weighted by Gasteiger charge is -2.09. The molecule has 1 aromatic heterocycles. The molecular formula is C18H17Cl2N5O. The molecule has 0 radical (unpaired) electrons. The lowest BCUT2D eigenvalue weighted by Crippen LogP contribution is -2.10. The first-order valence-corrected chi connectivity index (χ1v) is 8.68. The fraction of sp³-hybridized carbons (Fsp3) is 0.167. The number of benzene rings is 2. The summed E-state index contributed by atoms with van der Waals surface area (Å²) in [6.45, 7) is 0.620. The van der Waals surface area contributed by atoms with E-state index in [9.17, 15) is 0 Å². The minimum Gasteiger partial charge on any atom is -0.497 e. The van der Waals surface area contributed by atoms with Gasteiger partial charge in [-0.05, 0) is 48.4 Å². The van der Waals surface area contributed by atoms with Crippen LogP contribution in [0.4, 0.5) is 17.5 Å². The molecule has 0 aliphatic carbocycles. The van der Waals surface area contributed by atoms with Crippen LogP contribution in [0.5, 0.6) is 5.75 Å². The molecule has 0 unspecified atom stereocenters. The van der Waals surface area contributed by atoms with Gasteiger partial charge in [0.05, 0.1) is 13.3 Å². The quantitative estimate of drug-likeness (QED) is 0.615. The van der Waals surface area contributed by atoms with Crippen molar-refractivity contribution in [3.8, 4) is 5.75 Å². The van der Waals surface area contributed by atoms with Crippen molar-refractivity contribution in [1.82, 2.24) is 15.2 Å². The Kier molecular flexibility index (Phi) is 6.09. The lowest BCUT2D eigenvalue weighted by atomic mass is 10.1. The topological polar surface area (TPSA) is 72.0 Å². The molecule has 0 aliphatic heterocycles. The molecule has 2 N–H and O–H groups in total. The predicted octanol–water partition coefficient (Wildman–Crippen LogP) is 4.59. The second-order valence-electron chi connectivity index (χ2n) is 5.43. The van der Waals surface area contributed by atoms with Crippen molar-refractivity contribution in [2.45, 2.75) is 6.42 Å². The summed E-state index contributed by atoms with van der Waals surface area (Å²) in [5.74, 6) is 1.82. The molecule has 3 aromatic rings.